The van der Waals surface area contributed by atoms with Gasteiger partial charge in [-0.15, -0.1) is 0 Å². The fourth-order valence-electron chi connectivity index (χ4n) is 1.42. The van der Waals surface area contributed by atoms with Gasteiger partial charge in [0.1, 0.15) is 5.56 Å². The molecule has 0 radical (unpaired) electrons. The monoisotopic (exact) mass is 390 g/mol. The van der Waals surface area contributed by atoms with Gasteiger partial charge in [0.05, 0.1) is 16.5 Å². The van der Waals surface area contributed by atoms with Crippen molar-refractivity contribution >= 4 is 50.2 Å². The number of nitriles is 1. The van der Waals surface area contributed by atoms with Crippen molar-refractivity contribution in [1.29, 1.82) is 5.26 Å². The van der Waals surface area contributed by atoms with Crippen LogP contribution in [0.4, 0.5) is 15.8 Å². The number of esters is 1. The van der Waals surface area contributed by atoms with Crippen LogP contribution in [0.15, 0.2) is 15.5 Å². The first-order chi connectivity index (χ1) is 10.4. The normalized spacial score (nSPS) is 10.8. The van der Waals surface area contributed by atoms with Crippen LogP contribution in [-0.4, -0.2) is 29.4 Å². The zero-order valence-electron chi connectivity index (χ0n) is 11.2. The summed E-state index contributed by atoms with van der Waals surface area (Å²) in [6.45, 7) is 0. The van der Waals surface area contributed by atoms with Gasteiger partial charge in [-0.05, 0) is 22.2 Å². The predicted octanol–water partition coefficient (Wildman–Crippen LogP) is 2.70. The van der Waals surface area contributed by atoms with E-state index in [-0.39, 0.29) is 9.64 Å². The number of nitro groups is 1. The second-order valence-electron chi connectivity index (χ2n) is 3.52. The van der Waals surface area contributed by atoms with E-state index in [1.165, 1.54) is 0 Å². The van der Waals surface area contributed by atoms with E-state index in [4.69, 9.17) is 5.26 Å². The second-order valence-corrected chi connectivity index (χ2v) is 5.17. The van der Waals surface area contributed by atoms with E-state index in [1.807, 2.05) is 0 Å². The van der Waals surface area contributed by atoms with Gasteiger partial charge in [-0.3, -0.25) is 15.4 Å². The molecule has 0 aromatic heterocycles. The molecule has 0 saturated carbocycles. The van der Waals surface area contributed by atoms with E-state index in [0.717, 1.165) is 24.9 Å². The second kappa shape index (κ2) is 7.71. The molecule has 0 unspecified atom stereocenters. The Balaban J connectivity index is 3.77. The zero-order chi connectivity index (χ0) is 16.9. The molecule has 0 atom stereocenters. The lowest BCUT2D eigenvalue weighted by molar-refractivity contribution is -0.384. The highest BCUT2D eigenvalue weighted by atomic mass is 79.9. The number of methoxy groups -OCH3 is 1. The van der Waals surface area contributed by atoms with Gasteiger partial charge in [0, 0.05) is 6.07 Å². The van der Waals surface area contributed by atoms with Crippen LogP contribution in [0, 0.1) is 27.4 Å². The number of aliphatic imine (C=N–C) groups is 1. The molecule has 1 rings (SSSR count). The van der Waals surface area contributed by atoms with Crippen LogP contribution in [0.3, 0.4) is 0 Å². The van der Waals surface area contributed by atoms with Crippen LogP contribution in [0.5, 0.6) is 0 Å². The summed E-state index contributed by atoms with van der Waals surface area (Å²) in [4.78, 5) is 25.8. The zero-order valence-corrected chi connectivity index (χ0v) is 13.6. The molecule has 0 fully saturated rings. The fourth-order valence-corrected chi connectivity index (χ4v) is 2.16. The molecule has 1 N–H and O–H groups in total. The van der Waals surface area contributed by atoms with Crippen LogP contribution >= 0.6 is 27.7 Å². The number of nitrogens with one attached hydrogen (secondary N) is 1. The van der Waals surface area contributed by atoms with Gasteiger partial charge < -0.3 is 4.74 Å². The van der Waals surface area contributed by atoms with Crippen LogP contribution in [0.1, 0.15) is 10.4 Å². The average molecular weight is 391 g/mol. The number of nitrogens with zero attached hydrogens (tertiary/aromatic N) is 3. The van der Waals surface area contributed by atoms with Crippen molar-refractivity contribution in [2.75, 3.05) is 13.4 Å². The summed E-state index contributed by atoms with van der Waals surface area (Å²) >= 11 is 3.76. The molecule has 0 bridgehead atoms. The third-order valence-corrected chi connectivity index (χ3v) is 3.48. The number of halogens is 2. The van der Waals surface area contributed by atoms with Gasteiger partial charge in [0.2, 0.25) is 0 Å². The molecule has 0 amide bonds. The van der Waals surface area contributed by atoms with Gasteiger partial charge in [0.25, 0.3) is 5.69 Å². The van der Waals surface area contributed by atoms with Crippen molar-refractivity contribution in [3.63, 3.8) is 0 Å². The molecular weight excluding hydrogens is 383 g/mol. The summed E-state index contributed by atoms with van der Waals surface area (Å²) in [5.74, 6) is -2.17. The molecule has 11 heteroatoms. The van der Waals surface area contributed by atoms with Crippen LogP contribution < -0.4 is 5.32 Å². The Kier molecular flexibility index (Phi) is 6.26. The summed E-state index contributed by atoms with van der Waals surface area (Å²) in [6.07, 6.45) is 3.13. The Morgan fingerprint density at radius 3 is 2.77 bits per heavy atom. The molecule has 0 aliphatic heterocycles. The maximum Gasteiger partial charge on any atom is 0.343 e. The Morgan fingerprint density at radius 2 is 2.32 bits per heavy atom. The van der Waals surface area contributed by atoms with Gasteiger partial charge in [-0.2, -0.15) is 5.26 Å². The average Bonchev–Trinajstić information content (AvgIpc) is 2.49. The molecule has 0 saturated heterocycles. The Morgan fingerprint density at radius 1 is 1.68 bits per heavy atom. The van der Waals surface area contributed by atoms with Crippen molar-refractivity contribution in [3.8, 4) is 6.19 Å². The topological polar surface area (TPSA) is 118 Å². The van der Waals surface area contributed by atoms with Crippen LogP contribution in [-0.2, 0) is 4.74 Å². The maximum atomic E-state index is 14.2. The Labute approximate surface area is 136 Å². The maximum absolute atomic E-state index is 14.2. The van der Waals surface area contributed by atoms with Crippen molar-refractivity contribution in [3.05, 3.63) is 32.0 Å². The first-order valence-corrected chi connectivity index (χ1v) is 7.41. The van der Waals surface area contributed by atoms with Crippen molar-refractivity contribution in [2.45, 2.75) is 0 Å². The SMILES string of the molecule is COC(=O)c1c(F)c(Br)cc([N+](=O)[O-])c1N=C(NC#N)SC. The van der Waals surface area contributed by atoms with Crippen molar-refractivity contribution in [2.24, 2.45) is 4.99 Å². The Bertz CT molecular complexity index is 704. The first kappa shape index (κ1) is 17.9. The number of hydrogen-bond acceptors (Lipinski definition) is 7. The molecule has 1 aromatic rings. The smallest absolute Gasteiger partial charge is 0.343 e. The fraction of sp³-hybridized carbons (Fsp3) is 0.182. The molecule has 0 aliphatic carbocycles. The largest absolute Gasteiger partial charge is 0.465 e. The molecule has 22 heavy (non-hydrogen) atoms. The van der Waals surface area contributed by atoms with Crippen molar-refractivity contribution < 1.29 is 18.8 Å². The number of thioether (sulfide) groups is 1. The molecule has 0 spiro atoms. The minimum atomic E-state index is -1.13. The summed E-state index contributed by atoms with van der Waals surface area (Å²) in [6, 6.07) is 0.880. The van der Waals surface area contributed by atoms with Crippen LogP contribution in [0.25, 0.3) is 0 Å². The van der Waals surface area contributed by atoms with E-state index >= 15 is 0 Å². The lowest BCUT2D eigenvalue weighted by atomic mass is 10.1. The number of rotatable bonds is 3. The van der Waals surface area contributed by atoms with Crippen LogP contribution in [0.2, 0.25) is 0 Å². The summed E-state index contributed by atoms with van der Waals surface area (Å²) < 4.78 is 18.3. The number of amidine groups is 1. The standard InChI is InChI=1S/C11H8BrFN4O4S/c1-21-10(18)7-8(13)5(12)3-6(17(19)20)9(7)16-11(22-2)15-4-14/h3H,1-2H3,(H,15,16). The molecule has 1 aromatic carbocycles. The molecule has 0 heterocycles. The van der Waals surface area contributed by atoms with E-state index < -0.39 is 33.6 Å². The number of ether oxygens (including phenoxy) is 1. The third-order valence-electron chi connectivity index (χ3n) is 2.33. The molecule has 116 valence electrons. The highest BCUT2D eigenvalue weighted by Gasteiger charge is 2.29. The summed E-state index contributed by atoms with van der Waals surface area (Å²) in [5, 5.41) is 21.8. The minimum absolute atomic E-state index is 0.0440. The van der Waals surface area contributed by atoms with E-state index in [0.29, 0.717) is 0 Å². The number of carbonyl (C=O) groups excluding carboxylic acids is 1. The van der Waals surface area contributed by atoms with Gasteiger partial charge >= 0.3 is 5.97 Å². The number of carbonyl (C=O) groups is 1. The number of hydrogen-bond donors (Lipinski definition) is 1. The van der Waals surface area contributed by atoms with E-state index in [1.54, 1.807) is 12.4 Å². The van der Waals surface area contributed by atoms with Gasteiger partial charge in [-0.25, -0.2) is 14.2 Å². The minimum Gasteiger partial charge on any atom is -0.465 e. The molecule has 0 aliphatic rings. The highest BCUT2D eigenvalue weighted by molar-refractivity contribution is 9.10. The summed E-state index contributed by atoms with van der Waals surface area (Å²) in [7, 11) is 1.00. The molecular formula is C11H8BrFN4O4S. The lowest BCUT2D eigenvalue weighted by Crippen LogP contribution is -2.14. The quantitative estimate of drug-likeness (QED) is 0.160. The molecule has 8 nitrogen and oxygen atoms in total. The van der Waals surface area contributed by atoms with Gasteiger partial charge in [0.15, 0.2) is 22.9 Å². The van der Waals surface area contributed by atoms with Gasteiger partial charge in [-0.1, -0.05) is 11.8 Å². The predicted molar refractivity (Wildman–Crippen MR) is 81.5 cm³/mol. The van der Waals surface area contributed by atoms with E-state index in [9.17, 15) is 19.3 Å². The lowest BCUT2D eigenvalue weighted by Gasteiger charge is -2.09. The number of nitro benzene ring substituents is 1. The van der Waals surface area contributed by atoms with E-state index in [2.05, 4.69) is 31.0 Å². The first-order valence-electron chi connectivity index (χ1n) is 5.39. The number of benzene rings is 1. The van der Waals surface area contributed by atoms with Crippen molar-refractivity contribution in [1.82, 2.24) is 5.32 Å². The third kappa shape index (κ3) is 3.71. The highest BCUT2D eigenvalue weighted by Crippen LogP contribution is 2.38. The Hall–Kier alpha value is -2.19. The summed E-state index contributed by atoms with van der Waals surface area (Å²) in [5.41, 5.74) is -1.85.